The summed E-state index contributed by atoms with van der Waals surface area (Å²) in [7, 11) is 0. The van der Waals surface area contributed by atoms with Gasteiger partial charge in [-0.25, -0.2) is 0 Å². The molecular weight excluding hydrogens is 222 g/mol. The van der Waals surface area contributed by atoms with Crippen LogP contribution >= 0.6 is 0 Å². The van der Waals surface area contributed by atoms with Gasteiger partial charge < -0.3 is 10.4 Å². The number of hydrogen-bond acceptors (Lipinski definition) is 2. The zero-order chi connectivity index (χ0) is 13.4. The Labute approximate surface area is 110 Å². The lowest BCUT2D eigenvalue weighted by Crippen LogP contribution is -2.47. The monoisotopic (exact) mass is 247 g/mol. The predicted octanol–water partition coefficient (Wildman–Crippen LogP) is 3.45. The van der Waals surface area contributed by atoms with E-state index in [-0.39, 0.29) is 10.8 Å². The zero-order valence-corrected chi connectivity index (χ0v) is 12.0. The molecule has 1 aromatic carbocycles. The van der Waals surface area contributed by atoms with Crippen molar-refractivity contribution in [2.45, 2.75) is 52.0 Å². The van der Waals surface area contributed by atoms with Gasteiger partial charge in [0, 0.05) is 6.04 Å². The average molecular weight is 247 g/mol. The van der Waals surface area contributed by atoms with E-state index in [1.165, 1.54) is 12.0 Å². The van der Waals surface area contributed by atoms with Crippen molar-refractivity contribution in [1.29, 1.82) is 0 Å². The summed E-state index contributed by atoms with van der Waals surface area (Å²) in [6.07, 6.45) is 2.34. The highest BCUT2D eigenvalue weighted by Crippen LogP contribution is 2.49. The molecule has 2 nitrogen and oxygen atoms in total. The number of rotatable bonds is 3. The van der Waals surface area contributed by atoms with E-state index in [4.69, 9.17) is 0 Å². The van der Waals surface area contributed by atoms with Crippen LogP contribution in [0.4, 0.5) is 0 Å². The van der Waals surface area contributed by atoms with Gasteiger partial charge in [-0.15, -0.1) is 0 Å². The summed E-state index contributed by atoms with van der Waals surface area (Å²) in [5, 5.41) is 13.3. The van der Waals surface area contributed by atoms with Crippen molar-refractivity contribution >= 4 is 0 Å². The fourth-order valence-electron chi connectivity index (χ4n) is 3.47. The molecule has 0 unspecified atom stereocenters. The second-order valence-corrected chi connectivity index (χ2v) is 6.26. The van der Waals surface area contributed by atoms with Crippen LogP contribution in [0.2, 0.25) is 0 Å². The van der Waals surface area contributed by atoms with Crippen LogP contribution in [0.5, 0.6) is 5.75 Å². The molecule has 0 spiro atoms. The van der Waals surface area contributed by atoms with Crippen molar-refractivity contribution in [2.24, 2.45) is 5.41 Å². The van der Waals surface area contributed by atoms with Gasteiger partial charge in [0.05, 0.1) is 0 Å². The van der Waals surface area contributed by atoms with Crippen LogP contribution in [0.1, 0.15) is 46.1 Å². The molecule has 1 fully saturated rings. The lowest BCUT2D eigenvalue weighted by atomic mass is 9.59. The lowest BCUT2D eigenvalue weighted by molar-refractivity contribution is 0.143. The number of nitrogens with one attached hydrogen (secondary N) is 1. The van der Waals surface area contributed by atoms with E-state index in [0.717, 1.165) is 13.0 Å². The van der Waals surface area contributed by atoms with Gasteiger partial charge in [-0.05, 0) is 47.9 Å². The first kappa shape index (κ1) is 13.4. The average Bonchev–Trinajstić information content (AvgIpc) is 2.72. The highest BCUT2D eigenvalue weighted by Gasteiger charge is 2.49. The summed E-state index contributed by atoms with van der Waals surface area (Å²) < 4.78 is 0. The smallest absolute Gasteiger partial charge is 0.115 e. The standard InChI is InChI=1S/C16H25NO/c1-5-14-16(4,9-10-17-14)15(2,3)12-7-6-8-13(18)11-12/h6-8,11,14,17-18H,5,9-10H2,1-4H3/t14-,16+/m1/s1. The maximum absolute atomic E-state index is 9.71. The number of benzene rings is 1. The van der Waals surface area contributed by atoms with Gasteiger partial charge in [0.2, 0.25) is 0 Å². The fourth-order valence-corrected chi connectivity index (χ4v) is 3.47. The van der Waals surface area contributed by atoms with E-state index in [9.17, 15) is 5.11 Å². The Hall–Kier alpha value is -1.02. The molecule has 1 heterocycles. The summed E-state index contributed by atoms with van der Waals surface area (Å²) in [5.41, 5.74) is 1.51. The quantitative estimate of drug-likeness (QED) is 0.857. The first-order valence-electron chi connectivity index (χ1n) is 6.94. The largest absolute Gasteiger partial charge is 0.508 e. The minimum absolute atomic E-state index is 0.0515. The molecule has 0 radical (unpaired) electrons. The second-order valence-electron chi connectivity index (χ2n) is 6.26. The maximum Gasteiger partial charge on any atom is 0.115 e. The van der Waals surface area contributed by atoms with Gasteiger partial charge in [0.25, 0.3) is 0 Å². The van der Waals surface area contributed by atoms with Gasteiger partial charge in [-0.1, -0.05) is 39.8 Å². The Morgan fingerprint density at radius 3 is 2.78 bits per heavy atom. The van der Waals surface area contributed by atoms with Gasteiger partial charge in [0.15, 0.2) is 0 Å². The Bertz CT molecular complexity index is 427. The van der Waals surface area contributed by atoms with E-state index in [1.807, 2.05) is 12.1 Å². The molecule has 1 aliphatic heterocycles. The van der Waals surface area contributed by atoms with Crippen molar-refractivity contribution in [1.82, 2.24) is 5.32 Å². The van der Waals surface area contributed by atoms with Gasteiger partial charge in [-0.3, -0.25) is 0 Å². The summed E-state index contributed by atoms with van der Waals surface area (Å²) in [4.78, 5) is 0. The van der Waals surface area contributed by atoms with Crippen molar-refractivity contribution in [2.75, 3.05) is 6.54 Å². The lowest BCUT2D eigenvalue weighted by Gasteiger charge is -2.46. The SMILES string of the molecule is CC[C@H]1NCC[C@]1(C)C(C)(C)c1cccc(O)c1. The van der Waals surface area contributed by atoms with Crippen LogP contribution in [-0.2, 0) is 5.41 Å². The van der Waals surface area contributed by atoms with Crippen LogP contribution in [0.3, 0.4) is 0 Å². The minimum Gasteiger partial charge on any atom is -0.508 e. The zero-order valence-electron chi connectivity index (χ0n) is 12.0. The molecule has 1 aromatic rings. The van der Waals surface area contributed by atoms with Gasteiger partial charge in [0.1, 0.15) is 5.75 Å². The molecule has 0 amide bonds. The predicted molar refractivity (Wildman–Crippen MR) is 75.9 cm³/mol. The molecule has 1 saturated heterocycles. The summed E-state index contributed by atoms with van der Waals surface area (Å²) >= 11 is 0. The van der Waals surface area contributed by atoms with E-state index in [1.54, 1.807) is 6.07 Å². The Kier molecular flexibility index (Phi) is 3.41. The van der Waals surface area contributed by atoms with E-state index in [2.05, 4.69) is 39.1 Å². The van der Waals surface area contributed by atoms with Gasteiger partial charge in [-0.2, -0.15) is 0 Å². The van der Waals surface area contributed by atoms with E-state index in [0.29, 0.717) is 11.8 Å². The van der Waals surface area contributed by atoms with Crippen LogP contribution in [0.25, 0.3) is 0 Å². The highest BCUT2D eigenvalue weighted by atomic mass is 16.3. The van der Waals surface area contributed by atoms with Crippen LogP contribution in [0.15, 0.2) is 24.3 Å². The summed E-state index contributed by atoms with van der Waals surface area (Å²) in [6, 6.07) is 8.28. The third-order valence-corrected chi connectivity index (χ3v) is 5.21. The van der Waals surface area contributed by atoms with E-state index < -0.39 is 0 Å². The molecule has 2 N–H and O–H groups in total. The molecule has 18 heavy (non-hydrogen) atoms. The number of hydrogen-bond donors (Lipinski definition) is 2. The van der Waals surface area contributed by atoms with Crippen molar-refractivity contribution in [3.8, 4) is 5.75 Å². The summed E-state index contributed by atoms with van der Waals surface area (Å²) in [5.74, 6) is 0.364. The molecule has 1 aliphatic rings. The van der Waals surface area contributed by atoms with Crippen molar-refractivity contribution in [3.05, 3.63) is 29.8 Å². The topological polar surface area (TPSA) is 32.3 Å². The van der Waals surface area contributed by atoms with Crippen molar-refractivity contribution in [3.63, 3.8) is 0 Å². The molecule has 0 aliphatic carbocycles. The highest BCUT2D eigenvalue weighted by molar-refractivity contribution is 5.34. The number of phenols is 1. The molecule has 0 bridgehead atoms. The van der Waals surface area contributed by atoms with Crippen LogP contribution in [-0.4, -0.2) is 17.7 Å². The second kappa shape index (κ2) is 4.58. The molecule has 0 aromatic heterocycles. The van der Waals surface area contributed by atoms with Crippen LogP contribution < -0.4 is 5.32 Å². The third-order valence-electron chi connectivity index (χ3n) is 5.21. The minimum atomic E-state index is 0.0515. The molecule has 2 rings (SSSR count). The first-order valence-corrected chi connectivity index (χ1v) is 6.94. The Morgan fingerprint density at radius 2 is 2.17 bits per heavy atom. The van der Waals surface area contributed by atoms with Crippen molar-refractivity contribution < 1.29 is 5.11 Å². The van der Waals surface area contributed by atoms with Gasteiger partial charge >= 0.3 is 0 Å². The Morgan fingerprint density at radius 1 is 1.44 bits per heavy atom. The number of phenolic OH excluding ortho intramolecular Hbond substituents is 1. The third kappa shape index (κ3) is 1.93. The molecule has 2 atom stereocenters. The Balaban J connectivity index is 2.41. The normalized spacial score (nSPS) is 28.6. The molecule has 0 saturated carbocycles. The first-order chi connectivity index (χ1) is 8.41. The van der Waals surface area contributed by atoms with E-state index >= 15 is 0 Å². The maximum atomic E-state index is 9.71. The molecule has 2 heteroatoms. The fraction of sp³-hybridized carbons (Fsp3) is 0.625. The van der Waals surface area contributed by atoms with Crippen LogP contribution in [0, 0.1) is 5.41 Å². The summed E-state index contributed by atoms with van der Waals surface area (Å²) in [6.45, 7) is 10.3. The number of aromatic hydroxyl groups is 1. The molecular formula is C16H25NO. The molecule has 100 valence electrons.